The first-order valence-corrected chi connectivity index (χ1v) is 7.09. The van der Waals surface area contributed by atoms with Crippen LogP contribution in [-0.4, -0.2) is 50.6 Å². The molecule has 0 saturated carbocycles. The van der Waals surface area contributed by atoms with E-state index in [-0.39, 0.29) is 12.5 Å². The third-order valence-corrected chi connectivity index (χ3v) is 3.80. The number of hydrogen-bond acceptors (Lipinski definition) is 4. The van der Waals surface area contributed by atoms with Gasteiger partial charge < -0.3 is 20.3 Å². The Morgan fingerprint density at radius 1 is 1.30 bits per heavy atom. The van der Waals surface area contributed by atoms with Crippen molar-refractivity contribution >= 4 is 11.6 Å². The SMILES string of the molecule is CCc1ccc(OC)c(N2CCN(C(=O)CN)CC2)c1. The molecule has 0 unspecified atom stereocenters. The lowest BCUT2D eigenvalue weighted by Crippen LogP contribution is -2.50. The van der Waals surface area contributed by atoms with Crippen LogP contribution >= 0.6 is 0 Å². The number of anilines is 1. The fourth-order valence-electron chi connectivity index (χ4n) is 2.53. The Hall–Kier alpha value is -1.75. The predicted octanol–water partition coefficient (Wildman–Crippen LogP) is 0.865. The van der Waals surface area contributed by atoms with Gasteiger partial charge in [-0.15, -0.1) is 0 Å². The average molecular weight is 277 g/mol. The number of piperazine rings is 1. The van der Waals surface area contributed by atoms with Crippen LogP contribution in [0, 0.1) is 0 Å². The molecule has 110 valence electrons. The monoisotopic (exact) mass is 277 g/mol. The summed E-state index contributed by atoms with van der Waals surface area (Å²) in [4.78, 5) is 15.7. The minimum atomic E-state index is 0.0268. The van der Waals surface area contributed by atoms with Crippen LogP contribution < -0.4 is 15.4 Å². The molecule has 1 heterocycles. The minimum Gasteiger partial charge on any atom is -0.495 e. The van der Waals surface area contributed by atoms with Crippen LogP contribution in [0.15, 0.2) is 18.2 Å². The third kappa shape index (κ3) is 3.04. The van der Waals surface area contributed by atoms with Crippen LogP contribution in [0.25, 0.3) is 0 Å². The van der Waals surface area contributed by atoms with E-state index in [1.54, 1.807) is 7.11 Å². The summed E-state index contributed by atoms with van der Waals surface area (Å²) in [6.07, 6.45) is 1.00. The maximum absolute atomic E-state index is 11.6. The second-order valence-corrected chi connectivity index (χ2v) is 4.93. The summed E-state index contributed by atoms with van der Waals surface area (Å²) in [7, 11) is 1.69. The summed E-state index contributed by atoms with van der Waals surface area (Å²) in [5, 5.41) is 0. The maximum Gasteiger partial charge on any atom is 0.236 e. The number of benzene rings is 1. The van der Waals surface area contributed by atoms with Gasteiger partial charge in [0.25, 0.3) is 0 Å². The molecular weight excluding hydrogens is 254 g/mol. The van der Waals surface area contributed by atoms with E-state index < -0.39 is 0 Å². The van der Waals surface area contributed by atoms with E-state index in [1.165, 1.54) is 5.56 Å². The first-order chi connectivity index (χ1) is 9.69. The number of nitrogens with zero attached hydrogens (tertiary/aromatic N) is 2. The molecule has 0 aromatic heterocycles. The number of nitrogens with two attached hydrogens (primary N) is 1. The number of hydrogen-bond donors (Lipinski definition) is 1. The Morgan fingerprint density at radius 3 is 2.55 bits per heavy atom. The van der Waals surface area contributed by atoms with Crippen molar-refractivity contribution in [2.24, 2.45) is 5.73 Å². The van der Waals surface area contributed by atoms with Crippen LogP contribution in [0.4, 0.5) is 5.69 Å². The highest BCUT2D eigenvalue weighted by Crippen LogP contribution is 2.30. The fraction of sp³-hybridized carbons (Fsp3) is 0.533. The highest BCUT2D eigenvalue weighted by molar-refractivity contribution is 5.78. The molecule has 1 aromatic rings. The highest BCUT2D eigenvalue weighted by Gasteiger charge is 2.22. The molecular formula is C15H23N3O2. The van der Waals surface area contributed by atoms with Crippen molar-refractivity contribution in [3.63, 3.8) is 0 Å². The quantitative estimate of drug-likeness (QED) is 0.887. The summed E-state index contributed by atoms with van der Waals surface area (Å²) in [5.74, 6) is 0.916. The lowest BCUT2D eigenvalue weighted by Gasteiger charge is -2.36. The average Bonchev–Trinajstić information content (AvgIpc) is 2.53. The Labute approximate surface area is 120 Å². The zero-order valence-electron chi connectivity index (χ0n) is 12.3. The Morgan fingerprint density at radius 2 is 2.00 bits per heavy atom. The first kappa shape index (κ1) is 14.7. The molecule has 1 aromatic carbocycles. The molecule has 1 fully saturated rings. The van der Waals surface area contributed by atoms with Crippen LogP contribution in [0.2, 0.25) is 0 Å². The van der Waals surface area contributed by atoms with E-state index >= 15 is 0 Å². The van der Waals surface area contributed by atoms with Crippen molar-refractivity contribution in [3.8, 4) is 5.75 Å². The van der Waals surface area contributed by atoms with Gasteiger partial charge in [-0.25, -0.2) is 0 Å². The predicted molar refractivity (Wildman–Crippen MR) is 80.2 cm³/mol. The molecule has 0 aliphatic carbocycles. The van der Waals surface area contributed by atoms with Gasteiger partial charge in [0, 0.05) is 26.2 Å². The Balaban J connectivity index is 2.11. The number of carbonyl (C=O) groups is 1. The number of methoxy groups -OCH3 is 1. The van der Waals surface area contributed by atoms with Crippen molar-refractivity contribution in [3.05, 3.63) is 23.8 Å². The molecule has 0 atom stereocenters. The van der Waals surface area contributed by atoms with Gasteiger partial charge in [-0.3, -0.25) is 4.79 Å². The van der Waals surface area contributed by atoms with Crippen molar-refractivity contribution in [2.75, 3.05) is 44.7 Å². The molecule has 5 nitrogen and oxygen atoms in total. The fourth-order valence-corrected chi connectivity index (χ4v) is 2.53. The lowest BCUT2D eigenvalue weighted by molar-refractivity contribution is -0.129. The topological polar surface area (TPSA) is 58.8 Å². The van der Waals surface area contributed by atoms with Gasteiger partial charge in [0.15, 0.2) is 0 Å². The van der Waals surface area contributed by atoms with Crippen LogP contribution in [0.3, 0.4) is 0 Å². The lowest BCUT2D eigenvalue weighted by atomic mass is 10.1. The van der Waals surface area contributed by atoms with Crippen LogP contribution in [0.5, 0.6) is 5.75 Å². The van der Waals surface area contributed by atoms with Crippen molar-refractivity contribution in [1.82, 2.24) is 4.90 Å². The van der Waals surface area contributed by atoms with E-state index in [0.29, 0.717) is 0 Å². The number of rotatable bonds is 4. The molecule has 2 rings (SSSR count). The van der Waals surface area contributed by atoms with Gasteiger partial charge in [-0.1, -0.05) is 13.0 Å². The van der Waals surface area contributed by atoms with E-state index in [4.69, 9.17) is 10.5 Å². The smallest absolute Gasteiger partial charge is 0.236 e. The van der Waals surface area contributed by atoms with Crippen molar-refractivity contribution in [2.45, 2.75) is 13.3 Å². The largest absolute Gasteiger partial charge is 0.495 e. The molecule has 20 heavy (non-hydrogen) atoms. The maximum atomic E-state index is 11.6. The van der Waals surface area contributed by atoms with Crippen LogP contribution in [-0.2, 0) is 11.2 Å². The first-order valence-electron chi connectivity index (χ1n) is 7.09. The van der Waals surface area contributed by atoms with Gasteiger partial charge in [-0.05, 0) is 24.1 Å². The summed E-state index contributed by atoms with van der Waals surface area (Å²) in [5.41, 5.74) is 7.82. The molecule has 0 spiro atoms. The number of aryl methyl sites for hydroxylation is 1. The van der Waals surface area contributed by atoms with Gasteiger partial charge in [0.1, 0.15) is 5.75 Å². The number of carbonyl (C=O) groups excluding carboxylic acids is 1. The second kappa shape index (κ2) is 6.61. The molecule has 1 saturated heterocycles. The molecule has 5 heteroatoms. The standard InChI is InChI=1S/C15H23N3O2/c1-3-12-4-5-14(20-2)13(10-12)17-6-8-18(9-7-17)15(19)11-16/h4-5,10H,3,6-9,11,16H2,1-2H3. The summed E-state index contributed by atoms with van der Waals surface area (Å²) < 4.78 is 5.45. The molecule has 0 bridgehead atoms. The van der Waals surface area contributed by atoms with Gasteiger partial charge in [0.05, 0.1) is 19.3 Å². The Kier molecular flexibility index (Phi) is 4.84. The van der Waals surface area contributed by atoms with Gasteiger partial charge in [-0.2, -0.15) is 0 Å². The minimum absolute atomic E-state index is 0.0268. The molecule has 1 aliphatic heterocycles. The van der Waals surface area contributed by atoms with E-state index in [2.05, 4.69) is 24.0 Å². The summed E-state index contributed by atoms with van der Waals surface area (Å²) >= 11 is 0. The van der Waals surface area contributed by atoms with E-state index in [1.807, 2.05) is 11.0 Å². The zero-order chi connectivity index (χ0) is 14.5. The molecule has 1 amide bonds. The van der Waals surface area contributed by atoms with Crippen molar-refractivity contribution in [1.29, 1.82) is 0 Å². The van der Waals surface area contributed by atoms with Crippen molar-refractivity contribution < 1.29 is 9.53 Å². The van der Waals surface area contributed by atoms with E-state index in [0.717, 1.165) is 44.0 Å². The normalized spacial score (nSPS) is 15.3. The van der Waals surface area contributed by atoms with E-state index in [9.17, 15) is 4.79 Å². The van der Waals surface area contributed by atoms with Gasteiger partial charge in [0.2, 0.25) is 5.91 Å². The zero-order valence-corrected chi connectivity index (χ0v) is 12.3. The molecule has 1 aliphatic rings. The number of amides is 1. The summed E-state index contributed by atoms with van der Waals surface area (Å²) in [6, 6.07) is 6.29. The summed E-state index contributed by atoms with van der Waals surface area (Å²) in [6.45, 7) is 5.30. The van der Waals surface area contributed by atoms with Crippen LogP contribution in [0.1, 0.15) is 12.5 Å². The highest BCUT2D eigenvalue weighted by atomic mass is 16.5. The third-order valence-electron chi connectivity index (χ3n) is 3.80. The second-order valence-electron chi connectivity index (χ2n) is 4.93. The Bertz CT molecular complexity index is 468. The molecule has 2 N–H and O–H groups in total. The molecule has 0 radical (unpaired) electrons. The van der Waals surface area contributed by atoms with Gasteiger partial charge >= 0.3 is 0 Å². The number of ether oxygens (including phenoxy) is 1.